The van der Waals surface area contributed by atoms with Crippen molar-refractivity contribution in [3.05, 3.63) is 60.7 Å². The summed E-state index contributed by atoms with van der Waals surface area (Å²) in [6, 6.07) is 18.1. The van der Waals surface area contributed by atoms with Gasteiger partial charge in [0.2, 0.25) is 5.91 Å². The van der Waals surface area contributed by atoms with Crippen LogP contribution in [0.2, 0.25) is 0 Å². The van der Waals surface area contributed by atoms with Crippen molar-refractivity contribution in [3.8, 4) is 11.5 Å². The maximum absolute atomic E-state index is 14.8. The van der Waals surface area contributed by atoms with E-state index < -0.39 is 34.1 Å². The van der Waals surface area contributed by atoms with Gasteiger partial charge in [-0.3, -0.25) is 33.6 Å². The summed E-state index contributed by atoms with van der Waals surface area (Å²) in [5.41, 5.74) is -3.39. The molecule has 0 spiro atoms. The van der Waals surface area contributed by atoms with Crippen LogP contribution >= 0.6 is 0 Å². The highest BCUT2D eigenvalue weighted by Gasteiger charge is 2.45. The van der Waals surface area contributed by atoms with Gasteiger partial charge < -0.3 is 28.6 Å². The second kappa shape index (κ2) is 34.6. The number of ketones is 3. The molecule has 1 aliphatic rings. The summed E-state index contributed by atoms with van der Waals surface area (Å²) in [6.07, 6.45) is 11.6. The number of nitrogens with zero attached hydrogens (tertiary/aromatic N) is 1. The lowest BCUT2D eigenvalue weighted by atomic mass is 9.71. The van der Waals surface area contributed by atoms with Crippen molar-refractivity contribution < 1.29 is 57.2 Å². The van der Waals surface area contributed by atoms with Crippen molar-refractivity contribution in [1.82, 2.24) is 4.90 Å². The first-order chi connectivity index (χ1) is 35.9. The van der Waals surface area contributed by atoms with Crippen LogP contribution in [0.15, 0.2) is 60.7 Å². The number of unbranched alkanes of at least 4 members (excludes halogenated alkanes) is 2. The summed E-state index contributed by atoms with van der Waals surface area (Å²) < 4.78 is 29.7. The van der Waals surface area contributed by atoms with Crippen LogP contribution in [-0.2, 0) is 47.8 Å². The van der Waals surface area contributed by atoms with Gasteiger partial charge in [-0.2, -0.15) is 0 Å². The number of amides is 1. The van der Waals surface area contributed by atoms with Gasteiger partial charge in [0, 0.05) is 57.0 Å². The van der Waals surface area contributed by atoms with Crippen molar-refractivity contribution in [3.63, 3.8) is 0 Å². The van der Waals surface area contributed by atoms with Gasteiger partial charge in [0.15, 0.2) is 0 Å². The average molecular weight is 1050 g/mol. The molecule has 5 unspecified atom stereocenters. The van der Waals surface area contributed by atoms with Gasteiger partial charge in [-0.1, -0.05) is 110 Å². The molecule has 3 rings (SSSR count). The van der Waals surface area contributed by atoms with Crippen molar-refractivity contribution >= 4 is 41.2 Å². The van der Waals surface area contributed by atoms with Gasteiger partial charge in [-0.05, 0) is 122 Å². The Balaban J connectivity index is 1.87. The highest BCUT2D eigenvalue weighted by Crippen LogP contribution is 2.42. The molecule has 0 aromatic heterocycles. The molecule has 1 heterocycles. The highest BCUT2D eigenvalue weighted by atomic mass is 16.6. The van der Waals surface area contributed by atoms with Crippen LogP contribution < -0.4 is 9.47 Å². The predicted octanol–water partition coefficient (Wildman–Crippen LogP) is 13.0. The first-order valence-electron chi connectivity index (χ1n) is 28.7. The lowest BCUT2D eigenvalue weighted by Crippen LogP contribution is -2.44. The third-order valence-electron chi connectivity index (χ3n) is 15.5. The minimum Gasteiger partial charge on any atom is -0.493 e. The first-order valence-corrected chi connectivity index (χ1v) is 28.7. The molecular formula is C62H95NO12. The van der Waals surface area contributed by atoms with Gasteiger partial charge in [0.25, 0.3) is 0 Å². The van der Waals surface area contributed by atoms with Crippen molar-refractivity contribution in [2.24, 2.45) is 28.1 Å². The summed E-state index contributed by atoms with van der Waals surface area (Å²) in [7, 11) is 0. The Hall–Kier alpha value is -5.07. The molecule has 75 heavy (non-hydrogen) atoms. The smallest absolute Gasteiger partial charge is 0.312 e. The van der Waals surface area contributed by atoms with Crippen LogP contribution in [0.1, 0.15) is 203 Å². The van der Waals surface area contributed by atoms with E-state index in [1.54, 1.807) is 31.2 Å². The molecule has 13 heteroatoms. The largest absolute Gasteiger partial charge is 0.493 e. The van der Waals surface area contributed by atoms with Gasteiger partial charge in [0.05, 0.1) is 36.1 Å². The Morgan fingerprint density at radius 3 is 1.67 bits per heavy atom. The molecule has 1 amide bonds. The van der Waals surface area contributed by atoms with Crippen LogP contribution in [0.4, 0.5) is 0 Å². The average Bonchev–Trinajstić information content (AvgIpc) is 3.63. The number of benzene rings is 2. The molecule has 1 aliphatic heterocycles. The number of rotatable bonds is 40. The van der Waals surface area contributed by atoms with E-state index in [0.717, 1.165) is 57.8 Å². The van der Waals surface area contributed by atoms with Gasteiger partial charge in [0.1, 0.15) is 42.1 Å². The molecule has 420 valence electrons. The fraction of sp³-hybridized carbons (Fsp3) is 0.694. The topological polar surface area (TPSA) is 169 Å². The predicted molar refractivity (Wildman–Crippen MR) is 293 cm³/mol. The van der Waals surface area contributed by atoms with E-state index in [0.29, 0.717) is 69.6 Å². The Kier molecular flexibility index (Phi) is 29.6. The van der Waals surface area contributed by atoms with Crippen molar-refractivity contribution in [1.29, 1.82) is 0 Å². The van der Waals surface area contributed by atoms with E-state index in [1.807, 2.05) is 75.9 Å². The number of para-hydroxylation sites is 2. The number of hydrogen-bond acceptors (Lipinski definition) is 12. The van der Waals surface area contributed by atoms with Gasteiger partial charge in [-0.15, -0.1) is 0 Å². The van der Waals surface area contributed by atoms with Crippen LogP contribution in [0.5, 0.6) is 11.5 Å². The molecule has 0 saturated carbocycles. The monoisotopic (exact) mass is 1050 g/mol. The molecule has 2 aromatic carbocycles. The van der Waals surface area contributed by atoms with Gasteiger partial charge in [-0.25, -0.2) is 0 Å². The molecule has 1 fully saturated rings. The van der Waals surface area contributed by atoms with E-state index in [9.17, 15) is 33.6 Å². The van der Waals surface area contributed by atoms with E-state index in [1.165, 1.54) is 0 Å². The molecule has 0 bridgehead atoms. The van der Waals surface area contributed by atoms with E-state index in [2.05, 4.69) is 13.8 Å². The van der Waals surface area contributed by atoms with E-state index >= 15 is 0 Å². The maximum Gasteiger partial charge on any atom is 0.312 e. The fourth-order valence-corrected chi connectivity index (χ4v) is 10.3. The van der Waals surface area contributed by atoms with Crippen molar-refractivity contribution in [2.75, 3.05) is 39.6 Å². The molecule has 1 saturated heterocycles. The highest BCUT2D eigenvalue weighted by molar-refractivity contribution is 5.85. The summed E-state index contributed by atoms with van der Waals surface area (Å²) in [4.78, 5) is 99.1. The number of likely N-dealkylation sites (tertiary alicyclic amines) is 1. The second-order valence-corrected chi connectivity index (χ2v) is 22.0. The standard InChI is InChI=1S/C62H95NO12/c1-9-13-24-50(12-4)47-75-57(68)60(7,35-11-3)38-39-61(8,46-49(6)63-40-23-17-22-30-56(63)67)58(69)73-43-44-74-59(70)62(45-48(5)55(66)29-14-10-2,36-31-51(64)33-41-71-53-25-18-15-19-26-53)37-32-52(65)34-42-72-54-27-20-16-21-28-54/h15-16,18-21,25-28,48-50H,9-14,17,22-24,29-47H2,1-8H3. The minimum absolute atomic E-state index is 0.0102. The summed E-state index contributed by atoms with van der Waals surface area (Å²) in [5.74, 6) is -0.718. The number of esters is 3. The number of hydrogen-bond donors (Lipinski definition) is 0. The second-order valence-electron chi connectivity index (χ2n) is 22.0. The third-order valence-corrected chi connectivity index (χ3v) is 15.5. The van der Waals surface area contributed by atoms with Crippen LogP contribution in [0.25, 0.3) is 0 Å². The zero-order chi connectivity index (χ0) is 55.1. The lowest BCUT2D eigenvalue weighted by Gasteiger charge is -2.37. The first kappa shape index (κ1) is 64.2. The summed E-state index contributed by atoms with van der Waals surface area (Å²) >= 11 is 0. The van der Waals surface area contributed by atoms with Crippen LogP contribution in [0.3, 0.4) is 0 Å². The summed E-state index contributed by atoms with van der Waals surface area (Å²) in [6.45, 7) is 16.5. The number of Topliss-reactive ketones (excluding diaryl/α,β-unsaturated/α-hetero) is 3. The maximum atomic E-state index is 14.8. The molecule has 2 aromatic rings. The number of carbonyl (C=O) groups excluding carboxylic acids is 7. The third kappa shape index (κ3) is 23.0. The number of carbonyl (C=O) groups is 7. The minimum atomic E-state index is -1.40. The Morgan fingerprint density at radius 1 is 0.573 bits per heavy atom. The molecule has 0 N–H and O–H groups in total. The lowest BCUT2D eigenvalue weighted by molar-refractivity contribution is -0.168. The molecular weight excluding hydrogens is 951 g/mol. The zero-order valence-corrected chi connectivity index (χ0v) is 47.4. The molecule has 0 aliphatic carbocycles. The van der Waals surface area contributed by atoms with Crippen LogP contribution in [0, 0.1) is 28.1 Å². The van der Waals surface area contributed by atoms with Crippen LogP contribution in [-0.4, -0.2) is 91.7 Å². The SMILES string of the molecule is CCCCC(=O)C(C)CC(CCC(=O)CCOc1ccccc1)(CCC(=O)CCOc1ccccc1)C(=O)OCCOC(=O)C(C)(CCC(C)(CCC)C(=O)OCC(CC)CCCC)CC(C)N1CCCCCC1=O. The van der Waals surface area contributed by atoms with E-state index in [-0.39, 0.29) is 113 Å². The molecule has 0 radical (unpaired) electrons. The fourth-order valence-electron chi connectivity index (χ4n) is 10.3. The van der Waals surface area contributed by atoms with Gasteiger partial charge >= 0.3 is 17.9 Å². The Bertz CT molecular complexity index is 1960. The van der Waals surface area contributed by atoms with E-state index in [4.69, 9.17) is 23.7 Å². The Labute approximate surface area is 450 Å². The van der Waals surface area contributed by atoms with Crippen molar-refractivity contribution in [2.45, 2.75) is 209 Å². The quantitative estimate of drug-likeness (QED) is 0.0352. The summed E-state index contributed by atoms with van der Waals surface area (Å²) in [5, 5.41) is 0. The zero-order valence-electron chi connectivity index (χ0n) is 47.4. The Morgan fingerprint density at radius 2 is 1.12 bits per heavy atom. The number of ether oxygens (including phenoxy) is 5. The molecule has 5 atom stereocenters. The molecule has 13 nitrogen and oxygen atoms in total. The normalized spacial score (nSPS) is 15.8.